The molecule has 1 aliphatic rings. The summed E-state index contributed by atoms with van der Waals surface area (Å²) >= 11 is 0. The van der Waals surface area contributed by atoms with Gasteiger partial charge in [0.15, 0.2) is 11.5 Å². The zero-order valence-corrected chi connectivity index (χ0v) is 14.2. The van der Waals surface area contributed by atoms with Gasteiger partial charge in [-0.3, -0.25) is 4.79 Å². The van der Waals surface area contributed by atoms with Crippen molar-refractivity contribution in [1.29, 1.82) is 0 Å². The van der Waals surface area contributed by atoms with Crippen LogP contribution >= 0.6 is 0 Å². The summed E-state index contributed by atoms with van der Waals surface area (Å²) in [7, 11) is -3.65. The molecule has 0 spiro atoms. The molecular formula is C15H22N2O5S. The minimum atomic E-state index is -3.65. The number of fused-ring (bicyclic) bond motifs is 1. The average molecular weight is 342 g/mol. The van der Waals surface area contributed by atoms with Crippen LogP contribution in [-0.4, -0.2) is 45.7 Å². The van der Waals surface area contributed by atoms with Gasteiger partial charge in [0, 0.05) is 32.6 Å². The van der Waals surface area contributed by atoms with Gasteiger partial charge in [-0.1, -0.05) is 13.3 Å². The van der Waals surface area contributed by atoms with Crippen molar-refractivity contribution < 1.29 is 22.7 Å². The van der Waals surface area contributed by atoms with Crippen molar-refractivity contribution in [2.45, 2.75) is 31.6 Å². The van der Waals surface area contributed by atoms with Gasteiger partial charge in [0.25, 0.3) is 0 Å². The molecule has 1 amide bonds. The van der Waals surface area contributed by atoms with Crippen molar-refractivity contribution in [3.8, 4) is 11.5 Å². The Labute approximate surface area is 136 Å². The highest BCUT2D eigenvalue weighted by Gasteiger charge is 2.20. The van der Waals surface area contributed by atoms with E-state index < -0.39 is 10.0 Å². The van der Waals surface area contributed by atoms with Crippen LogP contribution in [-0.2, 0) is 14.8 Å². The number of unbranched alkanes of at least 4 members (excludes halogenated alkanes) is 1. The summed E-state index contributed by atoms with van der Waals surface area (Å²) in [6, 6.07) is 4.47. The Hall–Kier alpha value is -1.80. The lowest BCUT2D eigenvalue weighted by molar-refractivity contribution is -0.128. The van der Waals surface area contributed by atoms with Crippen molar-refractivity contribution in [1.82, 2.24) is 9.62 Å². The number of sulfonamides is 1. The number of nitrogens with zero attached hydrogens (tertiary/aromatic N) is 1. The maximum Gasteiger partial charge on any atom is 0.240 e. The summed E-state index contributed by atoms with van der Waals surface area (Å²) in [6.45, 7) is 4.77. The summed E-state index contributed by atoms with van der Waals surface area (Å²) in [4.78, 5) is 13.3. The molecule has 0 radical (unpaired) electrons. The number of hydrogen-bond donors (Lipinski definition) is 1. The van der Waals surface area contributed by atoms with Crippen molar-refractivity contribution in [2.24, 2.45) is 0 Å². The number of hydrogen-bond acceptors (Lipinski definition) is 5. The molecule has 1 heterocycles. The van der Waals surface area contributed by atoms with E-state index in [1.165, 1.54) is 19.1 Å². The lowest BCUT2D eigenvalue weighted by atomic mass is 10.3. The number of benzene rings is 1. The van der Waals surface area contributed by atoms with Crippen LogP contribution in [0.25, 0.3) is 0 Å². The lowest BCUT2D eigenvalue weighted by Gasteiger charge is -2.20. The smallest absolute Gasteiger partial charge is 0.240 e. The Morgan fingerprint density at radius 1 is 1.26 bits per heavy atom. The van der Waals surface area contributed by atoms with E-state index in [0.29, 0.717) is 24.6 Å². The van der Waals surface area contributed by atoms with Gasteiger partial charge >= 0.3 is 0 Å². The third-order valence-electron chi connectivity index (χ3n) is 3.56. The Morgan fingerprint density at radius 3 is 2.70 bits per heavy atom. The number of carbonyl (C=O) groups excluding carboxylic acids is 1. The normalized spacial score (nSPS) is 13.1. The number of amides is 1. The molecule has 7 nitrogen and oxygen atoms in total. The second-order valence-electron chi connectivity index (χ2n) is 5.27. The summed E-state index contributed by atoms with van der Waals surface area (Å²) in [5.74, 6) is 0.896. The standard InChI is InChI=1S/C15H22N2O5S/c1-3-4-8-17(12(2)18)9-7-16-23(19,20)13-5-6-14-15(10-13)22-11-21-14/h5-6,10,16H,3-4,7-9,11H2,1-2H3. The Kier molecular flexibility index (Phi) is 5.84. The van der Waals surface area contributed by atoms with Gasteiger partial charge < -0.3 is 14.4 Å². The molecule has 1 aliphatic heterocycles. The summed E-state index contributed by atoms with van der Waals surface area (Å²) in [6.07, 6.45) is 1.88. The van der Waals surface area contributed by atoms with Gasteiger partial charge in [0.1, 0.15) is 0 Å². The van der Waals surface area contributed by atoms with Crippen molar-refractivity contribution in [3.05, 3.63) is 18.2 Å². The lowest BCUT2D eigenvalue weighted by Crippen LogP contribution is -2.38. The van der Waals surface area contributed by atoms with Crippen LogP contribution in [0.15, 0.2) is 23.1 Å². The van der Waals surface area contributed by atoms with Crippen LogP contribution in [0, 0.1) is 0 Å². The molecule has 0 bridgehead atoms. The summed E-state index contributed by atoms with van der Waals surface area (Å²) in [5, 5.41) is 0. The number of rotatable bonds is 8. The Morgan fingerprint density at radius 2 is 2.00 bits per heavy atom. The first-order valence-corrected chi connectivity index (χ1v) is 9.07. The molecule has 23 heavy (non-hydrogen) atoms. The van der Waals surface area contributed by atoms with Crippen LogP contribution in [0.3, 0.4) is 0 Å². The maximum atomic E-state index is 12.3. The van der Waals surface area contributed by atoms with Crippen molar-refractivity contribution in [3.63, 3.8) is 0 Å². The molecular weight excluding hydrogens is 320 g/mol. The zero-order chi connectivity index (χ0) is 16.9. The van der Waals surface area contributed by atoms with Gasteiger partial charge in [-0.2, -0.15) is 0 Å². The maximum absolute atomic E-state index is 12.3. The minimum absolute atomic E-state index is 0.0549. The fraction of sp³-hybridized carbons (Fsp3) is 0.533. The molecule has 0 aliphatic carbocycles. The van der Waals surface area contributed by atoms with Crippen molar-refractivity contribution >= 4 is 15.9 Å². The van der Waals surface area contributed by atoms with Crippen LogP contribution in [0.2, 0.25) is 0 Å². The third-order valence-corrected chi connectivity index (χ3v) is 5.01. The summed E-state index contributed by atoms with van der Waals surface area (Å²) in [5.41, 5.74) is 0. The molecule has 0 saturated heterocycles. The van der Waals surface area contributed by atoms with E-state index in [9.17, 15) is 13.2 Å². The highest BCUT2D eigenvalue weighted by Crippen LogP contribution is 2.33. The summed E-state index contributed by atoms with van der Waals surface area (Å²) < 4.78 is 37.4. The molecule has 8 heteroatoms. The minimum Gasteiger partial charge on any atom is -0.454 e. The average Bonchev–Trinajstić information content (AvgIpc) is 2.97. The molecule has 0 aromatic heterocycles. The first kappa shape index (κ1) is 17.6. The zero-order valence-electron chi connectivity index (χ0n) is 13.4. The van der Waals surface area contributed by atoms with E-state index in [1.54, 1.807) is 11.0 Å². The van der Waals surface area contributed by atoms with Gasteiger partial charge in [0.2, 0.25) is 22.7 Å². The molecule has 0 atom stereocenters. The van der Waals surface area contributed by atoms with Crippen LogP contribution in [0.4, 0.5) is 0 Å². The van der Waals surface area contributed by atoms with E-state index in [-0.39, 0.29) is 24.1 Å². The van der Waals surface area contributed by atoms with E-state index in [2.05, 4.69) is 4.72 Å². The second kappa shape index (κ2) is 7.65. The number of ether oxygens (including phenoxy) is 2. The van der Waals surface area contributed by atoms with Crippen LogP contribution in [0.1, 0.15) is 26.7 Å². The van der Waals surface area contributed by atoms with Gasteiger partial charge in [0.05, 0.1) is 4.90 Å². The largest absolute Gasteiger partial charge is 0.454 e. The monoisotopic (exact) mass is 342 g/mol. The van der Waals surface area contributed by atoms with Crippen LogP contribution < -0.4 is 14.2 Å². The second-order valence-corrected chi connectivity index (χ2v) is 7.04. The van der Waals surface area contributed by atoms with Gasteiger partial charge in [-0.05, 0) is 18.6 Å². The fourth-order valence-corrected chi connectivity index (χ4v) is 3.25. The quantitative estimate of drug-likeness (QED) is 0.771. The number of nitrogens with one attached hydrogen (secondary N) is 1. The first-order chi connectivity index (χ1) is 10.9. The van der Waals surface area contributed by atoms with Gasteiger partial charge in [-0.15, -0.1) is 0 Å². The predicted molar refractivity (Wildman–Crippen MR) is 84.9 cm³/mol. The topological polar surface area (TPSA) is 84.9 Å². The van der Waals surface area contributed by atoms with E-state index in [0.717, 1.165) is 12.8 Å². The Bertz CT molecular complexity index is 660. The third kappa shape index (κ3) is 4.59. The molecule has 2 rings (SSSR count). The molecule has 0 saturated carbocycles. The van der Waals surface area contributed by atoms with Gasteiger partial charge in [-0.25, -0.2) is 13.1 Å². The molecule has 0 unspecified atom stereocenters. The highest BCUT2D eigenvalue weighted by molar-refractivity contribution is 7.89. The SMILES string of the molecule is CCCCN(CCNS(=O)(=O)c1ccc2c(c1)OCO2)C(C)=O. The van der Waals surface area contributed by atoms with E-state index >= 15 is 0 Å². The number of carbonyl (C=O) groups is 1. The van der Waals surface area contributed by atoms with E-state index in [4.69, 9.17) is 9.47 Å². The molecule has 1 N–H and O–H groups in total. The first-order valence-electron chi connectivity index (χ1n) is 7.59. The highest BCUT2D eigenvalue weighted by atomic mass is 32.2. The predicted octanol–water partition coefficient (Wildman–Crippen LogP) is 1.34. The van der Waals surface area contributed by atoms with Crippen molar-refractivity contribution in [2.75, 3.05) is 26.4 Å². The molecule has 0 fully saturated rings. The Balaban J connectivity index is 1.94. The molecule has 1 aromatic rings. The fourth-order valence-electron chi connectivity index (χ4n) is 2.22. The molecule has 128 valence electrons. The van der Waals surface area contributed by atoms with E-state index in [1.807, 2.05) is 6.92 Å². The van der Waals surface area contributed by atoms with Crippen LogP contribution in [0.5, 0.6) is 11.5 Å². The molecule has 1 aromatic carbocycles.